The smallest absolute Gasteiger partial charge is 0.244 e. The summed E-state index contributed by atoms with van der Waals surface area (Å²) in [6.07, 6.45) is 1.58. The summed E-state index contributed by atoms with van der Waals surface area (Å²) in [5, 5.41) is 0.251. The van der Waals surface area contributed by atoms with E-state index in [1.54, 1.807) is 0 Å². The summed E-state index contributed by atoms with van der Waals surface area (Å²) >= 11 is 5.75. The lowest BCUT2D eigenvalue weighted by Crippen LogP contribution is -2.44. The second-order valence-corrected chi connectivity index (χ2v) is 8.00. The van der Waals surface area contributed by atoms with Crippen molar-refractivity contribution in [1.82, 2.24) is 9.29 Å². The Morgan fingerprint density at radius 1 is 1.24 bits per heavy atom. The van der Waals surface area contributed by atoms with Crippen LogP contribution in [-0.4, -0.2) is 43.5 Å². The highest BCUT2D eigenvalue weighted by molar-refractivity contribution is 7.89. The molecule has 1 aromatic heterocycles. The monoisotopic (exact) mass is 382 g/mol. The quantitative estimate of drug-likeness (QED) is 0.718. The zero-order valence-electron chi connectivity index (χ0n) is 13.8. The van der Waals surface area contributed by atoms with Gasteiger partial charge in [0.1, 0.15) is 22.8 Å². The third kappa shape index (κ3) is 4.05. The van der Waals surface area contributed by atoms with Crippen molar-refractivity contribution in [3.63, 3.8) is 0 Å². The molecule has 1 aliphatic heterocycles. The van der Waals surface area contributed by atoms with Crippen molar-refractivity contribution in [2.75, 3.05) is 19.7 Å². The molecule has 0 fully saturated rings. The lowest BCUT2D eigenvalue weighted by Gasteiger charge is -2.30. The number of sulfonamides is 1. The Morgan fingerprint density at radius 2 is 2.00 bits per heavy atom. The van der Waals surface area contributed by atoms with Gasteiger partial charge in [0.25, 0.3) is 0 Å². The van der Waals surface area contributed by atoms with Crippen LogP contribution in [0.25, 0.3) is 0 Å². The van der Waals surface area contributed by atoms with Gasteiger partial charge in [0.15, 0.2) is 11.5 Å². The number of pyridine rings is 1. The third-order valence-corrected chi connectivity index (χ3v) is 5.86. The minimum Gasteiger partial charge on any atom is -0.486 e. The number of hydrogen-bond acceptors (Lipinski definition) is 5. The fourth-order valence-electron chi connectivity index (χ4n) is 2.60. The Hall–Kier alpha value is -1.83. The number of para-hydroxylation sites is 2. The van der Waals surface area contributed by atoms with Crippen molar-refractivity contribution in [3.05, 3.63) is 47.7 Å². The standard InChI is InChI=1S/C17H19ClN2O4S/c1-2-9-20(25(21,22)14-7-8-17(18)19-10-14)11-13-12-23-15-5-3-4-6-16(15)24-13/h3-8,10,13H,2,9,11-12H2,1H3. The van der Waals surface area contributed by atoms with Gasteiger partial charge in [-0.25, -0.2) is 13.4 Å². The average Bonchev–Trinajstić information content (AvgIpc) is 2.61. The molecule has 0 amide bonds. The number of benzene rings is 1. The summed E-state index contributed by atoms with van der Waals surface area (Å²) < 4.78 is 38.8. The van der Waals surface area contributed by atoms with E-state index >= 15 is 0 Å². The fraction of sp³-hybridized carbons (Fsp3) is 0.353. The highest BCUT2D eigenvalue weighted by Gasteiger charge is 2.30. The summed E-state index contributed by atoms with van der Waals surface area (Å²) in [7, 11) is -3.68. The van der Waals surface area contributed by atoms with Gasteiger partial charge in [-0.2, -0.15) is 4.31 Å². The van der Waals surface area contributed by atoms with E-state index in [1.807, 2.05) is 31.2 Å². The van der Waals surface area contributed by atoms with Gasteiger partial charge < -0.3 is 9.47 Å². The molecule has 0 saturated heterocycles. The highest BCUT2D eigenvalue weighted by atomic mass is 35.5. The molecule has 1 aliphatic rings. The van der Waals surface area contributed by atoms with E-state index in [4.69, 9.17) is 21.1 Å². The molecule has 1 unspecified atom stereocenters. The molecule has 1 aromatic carbocycles. The Labute approximate surface area is 152 Å². The summed E-state index contributed by atoms with van der Waals surface area (Å²) in [5.41, 5.74) is 0. The first kappa shape index (κ1) is 18.0. The van der Waals surface area contributed by atoms with Gasteiger partial charge in [-0.15, -0.1) is 0 Å². The van der Waals surface area contributed by atoms with Crippen molar-refractivity contribution in [1.29, 1.82) is 0 Å². The second-order valence-electron chi connectivity index (χ2n) is 5.68. The molecule has 2 aromatic rings. The van der Waals surface area contributed by atoms with E-state index in [1.165, 1.54) is 22.6 Å². The van der Waals surface area contributed by atoms with Gasteiger partial charge in [0, 0.05) is 12.7 Å². The molecular formula is C17H19ClN2O4S. The molecule has 8 heteroatoms. The van der Waals surface area contributed by atoms with Crippen LogP contribution in [-0.2, 0) is 10.0 Å². The molecule has 0 N–H and O–H groups in total. The molecule has 1 atom stereocenters. The summed E-state index contributed by atoms with van der Waals surface area (Å²) in [6.45, 7) is 2.81. The number of ether oxygens (including phenoxy) is 2. The Morgan fingerprint density at radius 3 is 2.68 bits per heavy atom. The lowest BCUT2D eigenvalue weighted by molar-refractivity contribution is 0.0764. The number of nitrogens with zero attached hydrogens (tertiary/aromatic N) is 2. The van der Waals surface area contributed by atoms with Crippen LogP contribution in [0.15, 0.2) is 47.5 Å². The third-order valence-electron chi connectivity index (χ3n) is 3.79. The van der Waals surface area contributed by atoms with E-state index in [-0.39, 0.29) is 22.7 Å². The molecule has 0 aliphatic carbocycles. The van der Waals surface area contributed by atoms with Gasteiger partial charge in [-0.05, 0) is 30.7 Å². The van der Waals surface area contributed by atoms with Crippen LogP contribution in [0.3, 0.4) is 0 Å². The fourth-order valence-corrected chi connectivity index (χ4v) is 4.22. The molecule has 0 spiro atoms. The molecule has 2 heterocycles. The van der Waals surface area contributed by atoms with Crippen LogP contribution in [0.2, 0.25) is 5.15 Å². The van der Waals surface area contributed by atoms with Crippen molar-refractivity contribution >= 4 is 21.6 Å². The van der Waals surface area contributed by atoms with Crippen molar-refractivity contribution in [2.24, 2.45) is 0 Å². The Balaban J connectivity index is 1.79. The van der Waals surface area contributed by atoms with Gasteiger partial charge in [0.2, 0.25) is 10.0 Å². The van der Waals surface area contributed by atoms with Crippen LogP contribution >= 0.6 is 11.6 Å². The molecule has 6 nitrogen and oxygen atoms in total. The average molecular weight is 383 g/mol. The number of hydrogen-bond donors (Lipinski definition) is 0. The molecule has 0 saturated carbocycles. The number of aromatic nitrogens is 1. The van der Waals surface area contributed by atoms with Crippen LogP contribution in [0.1, 0.15) is 13.3 Å². The lowest BCUT2D eigenvalue weighted by atomic mass is 10.2. The first-order valence-electron chi connectivity index (χ1n) is 8.01. The van der Waals surface area contributed by atoms with E-state index in [2.05, 4.69) is 4.98 Å². The zero-order chi connectivity index (χ0) is 17.9. The predicted octanol–water partition coefficient (Wildman–Crippen LogP) is 2.98. The van der Waals surface area contributed by atoms with Gasteiger partial charge in [-0.1, -0.05) is 30.7 Å². The molecular weight excluding hydrogens is 364 g/mol. The van der Waals surface area contributed by atoms with Crippen molar-refractivity contribution in [3.8, 4) is 11.5 Å². The molecule has 3 rings (SSSR count). The summed E-state index contributed by atoms with van der Waals surface area (Å²) in [4.78, 5) is 3.98. The van der Waals surface area contributed by atoms with Gasteiger partial charge in [-0.3, -0.25) is 0 Å². The predicted molar refractivity (Wildman–Crippen MR) is 94.6 cm³/mol. The Bertz CT molecular complexity index is 827. The van der Waals surface area contributed by atoms with Crippen molar-refractivity contribution < 1.29 is 17.9 Å². The van der Waals surface area contributed by atoms with Gasteiger partial charge >= 0.3 is 0 Å². The zero-order valence-corrected chi connectivity index (χ0v) is 15.3. The maximum absolute atomic E-state index is 12.9. The molecule has 0 radical (unpaired) electrons. The summed E-state index contributed by atoms with van der Waals surface area (Å²) in [5.74, 6) is 1.30. The maximum atomic E-state index is 12.9. The van der Waals surface area contributed by atoms with Crippen LogP contribution in [0.4, 0.5) is 0 Å². The number of fused-ring (bicyclic) bond motifs is 1. The first-order chi connectivity index (χ1) is 12.0. The summed E-state index contributed by atoms with van der Waals surface area (Å²) in [6, 6.07) is 10.3. The number of rotatable bonds is 6. The maximum Gasteiger partial charge on any atom is 0.244 e. The van der Waals surface area contributed by atoms with Crippen LogP contribution < -0.4 is 9.47 Å². The molecule has 0 bridgehead atoms. The number of halogens is 1. The highest BCUT2D eigenvalue weighted by Crippen LogP contribution is 2.31. The SMILES string of the molecule is CCCN(CC1COc2ccccc2O1)S(=O)(=O)c1ccc(Cl)nc1. The Kier molecular flexibility index (Phi) is 5.46. The van der Waals surface area contributed by atoms with E-state index in [9.17, 15) is 8.42 Å². The largest absolute Gasteiger partial charge is 0.486 e. The van der Waals surface area contributed by atoms with E-state index in [0.717, 1.165) is 0 Å². The normalized spacial score (nSPS) is 16.8. The van der Waals surface area contributed by atoms with Crippen molar-refractivity contribution in [2.45, 2.75) is 24.3 Å². The topological polar surface area (TPSA) is 68.7 Å². The minimum atomic E-state index is -3.68. The van der Waals surface area contributed by atoms with Crippen LogP contribution in [0.5, 0.6) is 11.5 Å². The van der Waals surface area contributed by atoms with E-state index < -0.39 is 10.0 Å². The van der Waals surface area contributed by atoms with Crippen LogP contribution in [0, 0.1) is 0 Å². The second kappa shape index (κ2) is 7.59. The minimum absolute atomic E-state index is 0.113. The molecule has 25 heavy (non-hydrogen) atoms. The first-order valence-corrected chi connectivity index (χ1v) is 9.82. The molecule has 134 valence electrons. The van der Waals surface area contributed by atoms with E-state index in [0.29, 0.717) is 31.1 Å². The van der Waals surface area contributed by atoms with Gasteiger partial charge in [0.05, 0.1) is 6.54 Å².